The number of carboxylic acids is 1. The predicted molar refractivity (Wildman–Crippen MR) is 76.3 cm³/mol. The van der Waals surface area contributed by atoms with Crippen molar-refractivity contribution in [1.29, 1.82) is 0 Å². The largest absolute Gasteiger partial charge is 0.481 e. The molecule has 114 valence electrons. The first-order valence-electron chi connectivity index (χ1n) is 7.41. The summed E-state index contributed by atoms with van der Waals surface area (Å²) in [6, 6.07) is 0. The number of piperidine rings is 1. The third-order valence-electron chi connectivity index (χ3n) is 5.11. The van der Waals surface area contributed by atoms with Gasteiger partial charge in [-0.1, -0.05) is 13.8 Å². The van der Waals surface area contributed by atoms with Gasteiger partial charge in [0.15, 0.2) is 0 Å². The van der Waals surface area contributed by atoms with Crippen LogP contribution in [0.4, 0.5) is 0 Å². The van der Waals surface area contributed by atoms with Crippen molar-refractivity contribution in [1.82, 2.24) is 9.80 Å². The van der Waals surface area contributed by atoms with E-state index in [0.29, 0.717) is 5.92 Å². The van der Waals surface area contributed by atoms with Crippen molar-refractivity contribution in [3.05, 3.63) is 0 Å². The Morgan fingerprint density at radius 1 is 1.25 bits per heavy atom. The summed E-state index contributed by atoms with van der Waals surface area (Å²) in [5.41, 5.74) is -0.399. The Morgan fingerprint density at radius 3 is 2.25 bits per heavy atom. The highest BCUT2D eigenvalue weighted by Gasteiger charge is 2.66. The molecule has 1 aliphatic heterocycles. The van der Waals surface area contributed by atoms with Crippen LogP contribution in [-0.4, -0.2) is 60.5 Å². The molecule has 2 fully saturated rings. The molecule has 1 saturated carbocycles. The van der Waals surface area contributed by atoms with E-state index in [9.17, 15) is 9.59 Å². The van der Waals surface area contributed by atoms with Crippen molar-refractivity contribution in [2.24, 2.45) is 23.2 Å². The van der Waals surface area contributed by atoms with Crippen LogP contribution in [0.1, 0.15) is 26.7 Å². The highest BCUT2D eigenvalue weighted by atomic mass is 16.4. The van der Waals surface area contributed by atoms with E-state index in [1.165, 1.54) is 0 Å². The molecule has 1 heterocycles. The van der Waals surface area contributed by atoms with E-state index < -0.39 is 17.3 Å². The second-order valence-corrected chi connectivity index (χ2v) is 7.08. The zero-order valence-corrected chi connectivity index (χ0v) is 12.9. The summed E-state index contributed by atoms with van der Waals surface area (Å²) in [4.78, 5) is 27.7. The molecular weight excluding hydrogens is 256 g/mol. The van der Waals surface area contributed by atoms with Gasteiger partial charge in [0.05, 0.1) is 11.8 Å². The number of amides is 1. The number of nitrogens with zero attached hydrogens (tertiary/aromatic N) is 2. The van der Waals surface area contributed by atoms with Crippen LogP contribution in [0.5, 0.6) is 0 Å². The van der Waals surface area contributed by atoms with E-state index in [1.807, 2.05) is 20.9 Å². The molecular formula is C15H26N2O3. The van der Waals surface area contributed by atoms with Crippen LogP contribution in [0.2, 0.25) is 0 Å². The van der Waals surface area contributed by atoms with Crippen molar-refractivity contribution in [3.8, 4) is 0 Å². The molecule has 5 nitrogen and oxygen atoms in total. The predicted octanol–water partition coefficient (Wildman–Crippen LogP) is 1.14. The maximum absolute atomic E-state index is 12.4. The zero-order valence-electron chi connectivity index (χ0n) is 12.9. The van der Waals surface area contributed by atoms with Crippen molar-refractivity contribution in [3.63, 3.8) is 0 Å². The maximum Gasteiger partial charge on any atom is 0.307 e. The smallest absolute Gasteiger partial charge is 0.307 e. The maximum atomic E-state index is 12.4. The molecule has 20 heavy (non-hydrogen) atoms. The zero-order chi connectivity index (χ0) is 15.1. The number of carboxylic acid groups (broad SMARTS) is 1. The first kappa shape index (κ1) is 15.3. The minimum absolute atomic E-state index is 0.00123. The van der Waals surface area contributed by atoms with Crippen LogP contribution in [-0.2, 0) is 9.59 Å². The molecule has 0 spiro atoms. The van der Waals surface area contributed by atoms with E-state index in [1.54, 1.807) is 4.90 Å². The fraction of sp³-hybridized carbons (Fsp3) is 0.867. The second-order valence-electron chi connectivity index (χ2n) is 7.08. The molecule has 1 N–H and O–H groups in total. The number of carbonyl (C=O) groups is 2. The Bertz CT molecular complexity index is 400. The third kappa shape index (κ3) is 2.82. The van der Waals surface area contributed by atoms with Gasteiger partial charge in [-0.05, 0) is 44.3 Å². The van der Waals surface area contributed by atoms with Gasteiger partial charge in [0, 0.05) is 13.6 Å². The average Bonchev–Trinajstić information content (AvgIpc) is 2.94. The van der Waals surface area contributed by atoms with Gasteiger partial charge in [-0.25, -0.2) is 0 Å². The standard InChI is InChI=1S/C15H26N2O3/c1-15(2)11(12(15)14(19)20)13(18)17(4)9-10-5-7-16(3)8-6-10/h10-12H,5-9H2,1-4H3,(H,19,20). The number of likely N-dealkylation sites (tertiary alicyclic amines) is 1. The first-order chi connectivity index (χ1) is 9.25. The quantitative estimate of drug-likeness (QED) is 0.840. The van der Waals surface area contributed by atoms with Gasteiger partial charge < -0.3 is 14.9 Å². The Balaban J connectivity index is 1.89. The average molecular weight is 282 g/mol. The molecule has 1 aliphatic carbocycles. The Labute approximate surface area is 120 Å². The summed E-state index contributed by atoms with van der Waals surface area (Å²) in [5, 5.41) is 9.16. The van der Waals surface area contributed by atoms with Gasteiger partial charge in [-0.3, -0.25) is 9.59 Å². The number of rotatable bonds is 4. The van der Waals surface area contributed by atoms with E-state index in [-0.39, 0.29) is 11.8 Å². The summed E-state index contributed by atoms with van der Waals surface area (Å²) < 4.78 is 0. The normalized spacial score (nSPS) is 30.0. The Kier molecular flexibility index (Phi) is 4.09. The lowest BCUT2D eigenvalue weighted by Crippen LogP contribution is -2.39. The molecule has 0 aromatic carbocycles. The molecule has 2 rings (SSSR count). The molecule has 0 aromatic heterocycles. The van der Waals surface area contributed by atoms with Crippen LogP contribution in [0.15, 0.2) is 0 Å². The van der Waals surface area contributed by atoms with Crippen LogP contribution in [0.25, 0.3) is 0 Å². The molecule has 2 aliphatic rings. The van der Waals surface area contributed by atoms with Crippen LogP contribution < -0.4 is 0 Å². The SMILES string of the molecule is CN1CCC(CN(C)C(=O)C2C(C(=O)O)C2(C)C)CC1. The van der Waals surface area contributed by atoms with Crippen molar-refractivity contribution >= 4 is 11.9 Å². The lowest BCUT2D eigenvalue weighted by Gasteiger charge is -2.31. The van der Waals surface area contributed by atoms with E-state index in [2.05, 4.69) is 11.9 Å². The van der Waals surface area contributed by atoms with Gasteiger partial charge in [-0.15, -0.1) is 0 Å². The number of carbonyl (C=O) groups excluding carboxylic acids is 1. The fourth-order valence-corrected chi connectivity index (χ4v) is 3.52. The number of hydrogen-bond donors (Lipinski definition) is 1. The van der Waals surface area contributed by atoms with Crippen molar-refractivity contribution < 1.29 is 14.7 Å². The van der Waals surface area contributed by atoms with E-state index in [4.69, 9.17) is 5.11 Å². The Hall–Kier alpha value is -1.10. The summed E-state index contributed by atoms with van der Waals surface area (Å²) in [6.07, 6.45) is 2.23. The van der Waals surface area contributed by atoms with Crippen molar-refractivity contribution in [2.75, 3.05) is 33.7 Å². The number of hydrogen-bond acceptors (Lipinski definition) is 3. The molecule has 2 unspecified atom stereocenters. The lowest BCUT2D eigenvalue weighted by molar-refractivity contribution is -0.141. The first-order valence-corrected chi connectivity index (χ1v) is 7.41. The second kappa shape index (κ2) is 5.35. The van der Waals surface area contributed by atoms with E-state index >= 15 is 0 Å². The molecule has 1 amide bonds. The van der Waals surface area contributed by atoms with Gasteiger partial charge in [0.2, 0.25) is 5.91 Å². The van der Waals surface area contributed by atoms with Gasteiger partial charge >= 0.3 is 5.97 Å². The topological polar surface area (TPSA) is 60.9 Å². The molecule has 1 saturated heterocycles. The van der Waals surface area contributed by atoms with Crippen LogP contribution in [0, 0.1) is 23.2 Å². The molecule has 5 heteroatoms. The van der Waals surface area contributed by atoms with Gasteiger partial charge in [0.25, 0.3) is 0 Å². The lowest BCUT2D eigenvalue weighted by atomic mass is 9.96. The summed E-state index contributed by atoms with van der Waals surface area (Å²) in [5.74, 6) is -1.17. The Morgan fingerprint density at radius 2 is 1.80 bits per heavy atom. The highest BCUT2D eigenvalue weighted by molar-refractivity contribution is 5.91. The summed E-state index contributed by atoms with van der Waals surface area (Å²) >= 11 is 0. The minimum Gasteiger partial charge on any atom is -0.481 e. The highest BCUT2D eigenvalue weighted by Crippen LogP contribution is 2.58. The molecule has 0 bridgehead atoms. The molecule has 2 atom stereocenters. The van der Waals surface area contributed by atoms with Gasteiger partial charge in [-0.2, -0.15) is 0 Å². The van der Waals surface area contributed by atoms with Gasteiger partial charge in [0.1, 0.15) is 0 Å². The summed E-state index contributed by atoms with van der Waals surface area (Å²) in [7, 11) is 3.93. The summed E-state index contributed by atoms with van der Waals surface area (Å²) in [6.45, 7) is 6.67. The minimum atomic E-state index is -0.846. The van der Waals surface area contributed by atoms with E-state index in [0.717, 1.165) is 32.5 Å². The van der Waals surface area contributed by atoms with Crippen LogP contribution >= 0.6 is 0 Å². The molecule has 0 radical (unpaired) electrons. The fourth-order valence-electron chi connectivity index (χ4n) is 3.52. The van der Waals surface area contributed by atoms with Crippen molar-refractivity contribution in [2.45, 2.75) is 26.7 Å². The monoisotopic (exact) mass is 282 g/mol. The molecule has 0 aromatic rings. The van der Waals surface area contributed by atoms with Crippen LogP contribution in [0.3, 0.4) is 0 Å². The number of aliphatic carboxylic acids is 1. The third-order valence-corrected chi connectivity index (χ3v) is 5.11.